The maximum absolute atomic E-state index is 3.38. The lowest BCUT2D eigenvalue weighted by Gasteiger charge is -2.21. The van der Waals surface area contributed by atoms with E-state index in [0.717, 1.165) is 0 Å². The number of anilines is 2. The molecule has 0 amide bonds. The van der Waals surface area contributed by atoms with Crippen LogP contribution < -0.4 is 10.6 Å². The van der Waals surface area contributed by atoms with Gasteiger partial charge in [-0.2, -0.15) is 0 Å². The Morgan fingerprint density at radius 1 is 0.310 bits per heavy atom. The van der Waals surface area contributed by atoms with Gasteiger partial charge in [-0.25, -0.2) is 0 Å². The topological polar surface area (TPSA) is 24.1 Å². The monoisotopic (exact) mass is 566 g/mol. The van der Waals surface area contributed by atoms with E-state index in [1.165, 1.54) is 22.5 Å². The SMILES string of the molecule is CC(C)(C)Nc1ccccc1.CC(C)(C)Nc1ccccc1.CC(C)(C)c1ccccc1.CC(C)(C)c1ccccc1. The lowest BCUT2D eigenvalue weighted by Crippen LogP contribution is -2.25. The Bertz CT molecular complexity index is 1100. The van der Waals surface area contributed by atoms with Crippen molar-refractivity contribution in [3.05, 3.63) is 132 Å². The van der Waals surface area contributed by atoms with Crippen molar-refractivity contribution < 1.29 is 0 Å². The molecule has 2 heteroatoms. The lowest BCUT2D eigenvalue weighted by molar-refractivity contribution is 0.590. The first-order valence-electron chi connectivity index (χ1n) is 15.1. The van der Waals surface area contributed by atoms with Crippen LogP contribution >= 0.6 is 0 Å². The predicted molar refractivity (Wildman–Crippen MR) is 190 cm³/mol. The van der Waals surface area contributed by atoms with Crippen molar-refractivity contribution in [1.29, 1.82) is 0 Å². The molecule has 0 heterocycles. The van der Waals surface area contributed by atoms with Crippen LogP contribution in [0.1, 0.15) is 94.2 Å². The van der Waals surface area contributed by atoms with E-state index in [1.54, 1.807) is 0 Å². The van der Waals surface area contributed by atoms with E-state index in [9.17, 15) is 0 Å². The van der Waals surface area contributed by atoms with Gasteiger partial charge in [0.2, 0.25) is 0 Å². The van der Waals surface area contributed by atoms with Crippen molar-refractivity contribution in [2.45, 2.75) is 105 Å². The summed E-state index contributed by atoms with van der Waals surface area (Å²) >= 11 is 0. The van der Waals surface area contributed by atoms with Crippen LogP contribution in [0.25, 0.3) is 0 Å². The molecular weight excluding hydrogens is 508 g/mol. The average molecular weight is 567 g/mol. The maximum Gasteiger partial charge on any atom is 0.0344 e. The summed E-state index contributed by atoms with van der Waals surface area (Å²) in [5.41, 5.74) is 6.05. The molecule has 0 aliphatic carbocycles. The zero-order valence-electron chi connectivity index (χ0n) is 28.5. The molecule has 0 aromatic heterocycles. The van der Waals surface area contributed by atoms with Crippen LogP contribution in [-0.4, -0.2) is 11.1 Å². The largest absolute Gasteiger partial charge is 0.380 e. The molecular formula is C40H58N2. The highest BCUT2D eigenvalue weighted by molar-refractivity contribution is 5.45. The van der Waals surface area contributed by atoms with E-state index < -0.39 is 0 Å². The Balaban J connectivity index is 0.000000280. The third-order valence-electron chi connectivity index (χ3n) is 5.87. The quantitative estimate of drug-likeness (QED) is 0.252. The van der Waals surface area contributed by atoms with Crippen LogP contribution in [0.2, 0.25) is 0 Å². The molecule has 2 N–H and O–H groups in total. The fraction of sp³-hybridized carbons (Fsp3) is 0.400. The predicted octanol–water partition coefficient (Wildman–Crippen LogP) is 11.8. The molecule has 4 aromatic carbocycles. The Hall–Kier alpha value is -3.52. The molecule has 0 bridgehead atoms. The Labute approximate surface area is 259 Å². The second-order valence-electron chi connectivity index (χ2n) is 14.7. The highest BCUT2D eigenvalue weighted by atomic mass is 15.0. The number of nitrogens with one attached hydrogen (secondary N) is 2. The molecule has 0 unspecified atom stereocenters. The van der Waals surface area contributed by atoms with E-state index in [4.69, 9.17) is 0 Å². The van der Waals surface area contributed by atoms with E-state index in [2.05, 4.69) is 179 Å². The van der Waals surface area contributed by atoms with E-state index in [1.807, 2.05) is 36.4 Å². The van der Waals surface area contributed by atoms with Crippen molar-refractivity contribution in [2.24, 2.45) is 0 Å². The minimum atomic E-state index is 0.154. The van der Waals surface area contributed by atoms with Crippen LogP contribution in [0, 0.1) is 0 Å². The van der Waals surface area contributed by atoms with Gasteiger partial charge in [-0.3, -0.25) is 0 Å². The Kier molecular flexibility index (Phi) is 14.6. The fourth-order valence-corrected chi connectivity index (χ4v) is 3.79. The summed E-state index contributed by atoms with van der Waals surface area (Å²) in [4.78, 5) is 0. The molecule has 0 radical (unpaired) electrons. The van der Waals surface area contributed by atoms with Gasteiger partial charge < -0.3 is 10.6 Å². The molecule has 0 spiro atoms. The number of benzene rings is 4. The zero-order valence-corrected chi connectivity index (χ0v) is 28.5. The van der Waals surface area contributed by atoms with Gasteiger partial charge in [0.05, 0.1) is 0 Å². The lowest BCUT2D eigenvalue weighted by atomic mass is 9.87. The smallest absolute Gasteiger partial charge is 0.0344 e. The van der Waals surface area contributed by atoms with Crippen LogP contribution in [0.5, 0.6) is 0 Å². The van der Waals surface area contributed by atoms with Crippen LogP contribution in [-0.2, 0) is 10.8 Å². The molecule has 2 nitrogen and oxygen atoms in total. The summed E-state index contributed by atoms with van der Waals surface area (Å²) in [5.74, 6) is 0. The zero-order chi connectivity index (χ0) is 31.9. The third kappa shape index (κ3) is 18.0. The normalized spacial score (nSPS) is 11.3. The number of rotatable bonds is 2. The molecule has 228 valence electrons. The Morgan fingerprint density at radius 2 is 0.524 bits per heavy atom. The van der Waals surface area contributed by atoms with Crippen molar-refractivity contribution in [3.63, 3.8) is 0 Å². The first kappa shape index (κ1) is 36.5. The van der Waals surface area contributed by atoms with Gasteiger partial charge >= 0.3 is 0 Å². The highest BCUT2D eigenvalue weighted by Crippen LogP contribution is 2.21. The summed E-state index contributed by atoms with van der Waals surface area (Å²) in [6.45, 7) is 26.3. The summed E-state index contributed by atoms with van der Waals surface area (Å²) in [5, 5.41) is 6.76. The molecule has 0 saturated carbocycles. The standard InChI is InChI=1S/2C10H15N.2C10H14/c2*1-10(2,3)11-9-7-5-4-6-8-9;2*1-10(2,3)9-7-5-4-6-8-9/h2*4-8,11H,1-3H3;2*4-8H,1-3H3. The molecule has 4 aromatic rings. The van der Waals surface area contributed by atoms with Gasteiger partial charge in [-0.05, 0) is 87.8 Å². The second kappa shape index (κ2) is 16.8. The Morgan fingerprint density at radius 3 is 0.690 bits per heavy atom. The van der Waals surface area contributed by atoms with Crippen LogP contribution in [0.4, 0.5) is 11.4 Å². The maximum atomic E-state index is 3.38. The van der Waals surface area contributed by atoms with Gasteiger partial charge in [-0.1, -0.05) is 139 Å². The molecule has 0 atom stereocenters. The summed E-state index contributed by atoms with van der Waals surface area (Å²) in [7, 11) is 0. The van der Waals surface area contributed by atoms with Crippen molar-refractivity contribution in [2.75, 3.05) is 10.6 Å². The minimum Gasteiger partial charge on any atom is -0.380 e. The first-order valence-corrected chi connectivity index (χ1v) is 15.1. The van der Waals surface area contributed by atoms with Gasteiger partial charge in [0.1, 0.15) is 0 Å². The molecule has 4 rings (SSSR count). The highest BCUT2D eigenvalue weighted by Gasteiger charge is 2.12. The van der Waals surface area contributed by atoms with Crippen LogP contribution in [0.3, 0.4) is 0 Å². The van der Waals surface area contributed by atoms with Crippen molar-refractivity contribution in [1.82, 2.24) is 0 Å². The summed E-state index contributed by atoms with van der Waals surface area (Å²) in [6, 6.07) is 41.6. The molecule has 0 aliphatic heterocycles. The van der Waals surface area contributed by atoms with Crippen LogP contribution in [0.15, 0.2) is 121 Å². The van der Waals surface area contributed by atoms with E-state index in [-0.39, 0.29) is 11.1 Å². The number of hydrogen-bond acceptors (Lipinski definition) is 2. The number of hydrogen-bond donors (Lipinski definition) is 2. The summed E-state index contributed by atoms with van der Waals surface area (Å²) < 4.78 is 0. The minimum absolute atomic E-state index is 0.154. The van der Waals surface area contributed by atoms with Gasteiger partial charge in [-0.15, -0.1) is 0 Å². The fourth-order valence-electron chi connectivity index (χ4n) is 3.79. The van der Waals surface area contributed by atoms with Gasteiger partial charge in [0, 0.05) is 22.5 Å². The molecule has 0 saturated heterocycles. The second-order valence-corrected chi connectivity index (χ2v) is 14.7. The van der Waals surface area contributed by atoms with E-state index in [0.29, 0.717) is 10.8 Å². The van der Waals surface area contributed by atoms with Crippen molar-refractivity contribution in [3.8, 4) is 0 Å². The van der Waals surface area contributed by atoms with Gasteiger partial charge in [0.25, 0.3) is 0 Å². The molecule has 0 fully saturated rings. The summed E-state index contributed by atoms with van der Waals surface area (Å²) in [6.07, 6.45) is 0. The van der Waals surface area contributed by atoms with Crippen molar-refractivity contribution >= 4 is 11.4 Å². The van der Waals surface area contributed by atoms with Gasteiger partial charge in [0.15, 0.2) is 0 Å². The van der Waals surface area contributed by atoms with E-state index >= 15 is 0 Å². The first-order chi connectivity index (χ1) is 19.4. The molecule has 42 heavy (non-hydrogen) atoms. The molecule has 0 aliphatic rings. The third-order valence-corrected chi connectivity index (χ3v) is 5.87. The number of para-hydroxylation sites is 2. The average Bonchev–Trinajstić information content (AvgIpc) is 2.89.